The van der Waals surface area contributed by atoms with Crippen LogP contribution >= 0.6 is 0 Å². The van der Waals surface area contributed by atoms with Crippen molar-refractivity contribution in [1.82, 2.24) is 15.6 Å². The number of pyridine rings is 1. The number of aryl methyl sites for hydroxylation is 1. The highest BCUT2D eigenvalue weighted by molar-refractivity contribution is 6.00. The van der Waals surface area contributed by atoms with Gasteiger partial charge in [-0.05, 0) is 97.3 Å². The van der Waals surface area contributed by atoms with E-state index >= 15 is 0 Å². The van der Waals surface area contributed by atoms with Crippen LogP contribution in [0.5, 0.6) is 5.75 Å². The second-order valence-electron chi connectivity index (χ2n) is 15.6. The van der Waals surface area contributed by atoms with E-state index in [1.165, 1.54) is 0 Å². The smallest absolute Gasteiger partial charge is 0.305 e. The van der Waals surface area contributed by atoms with Gasteiger partial charge in [0.05, 0.1) is 58.7 Å². The second-order valence-corrected chi connectivity index (χ2v) is 15.6. The predicted octanol–water partition coefficient (Wildman–Crippen LogP) is 6.84. The Morgan fingerprint density at radius 3 is 2.05 bits per heavy atom. The van der Waals surface area contributed by atoms with Crippen LogP contribution in [-0.2, 0) is 33.3 Å². The molecule has 0 aliphatic heterocycles. The summed E-state index contributed by atoms with van der Waals surface area (Å²) in [5.74, 6) is 0.345. The molecule has 1 heterocycles. The standard InChI is InChI=1S/C48H67N5O9/c1-35(2)20-24-58-25-26-59-27-28-60-29-30-61-31-32-62-44-18-17-39(40-9-4-5-10-41(40)44)37-13-15-38(16-14-37)43(34-47(55)56)53-48(57)42(11-6-7-21-49)52-46(54)12-8-22-50-45-33-36(3)19-23-51-45/h4-5,9-10,13-19,23,33,35,42-43H,6-8,11-12,20-22,24-32,34,49H2,1-3H3,(H,50,51)(H,52,54)(H,53,57)(H,55,56)/t42-,43-/m0/s1. The van der Waals surface area contributed by atoms with Crippen molar-refractivity contribution in [3.8, 4) is 16.9 Å². The lowest BCUT2D eigenvalue weighted by molar-refractivity contribution is -0.138. The molecule has 0 radical (unpaired) electrons. The summed E-state index contributed by atoms with van der Waals surface area (Å²) in [5, 5.41) is 20.8. The number of ether oxygens (including phenoxy) is 5. The molecule has 0 aliphatic carbocycles. The van der Waals surface area contributed by atoms with Crippen molar-refractivity contribution < 1.29 is 43.2 Å². The summed E-state index contributed by atoms with van der Waals surface area (Å²) in [4.78, 5) is 42.9. The van der Waals surface area contributed by atoms with Gasteiger partial charge < -0.3 is 50.5 Å². The molecule has 338 valence electrons. The SMILES string of the molecule is Cc1ccnc(NCCCC(=O)N[C@@H](CCCCN)C(=O)N[C@@H](CC(=O)O)c2ccc(-c3ccc(OCCOCCOCCOCCOCCC(C)C)c4ccccc34)cc2)c1. The first-order valence-corrected chi connectivity index (χ1v) is 21.9. The van der Waals surface area contributed by atoms with Crippen molar-refractivity contribution in [2.75, 3.05) is 77.9 Å². The highest BCUT2D eigenvalue weighted by Gasteiger charge is 2.25. The zero-order valence-corrected chi connectivity index (χ0v) is 36.7. The van der Waals surface area contributed by atoms with Crippen molar-refractivity contribution in [3.05, 3.63) is 90.1 Å². The molecule has 0 bridgehead atoms. The summed E-state index contributed by atoms with van der Waals surface area (Å²) in [5.41, 5.74) is 9.32. The minimum atomic E-state index is -1.06. The van der Waals surface area contributed by atoms with E-state index in [4.69, 9.17) is 29.4 Å². The Bertz CT molecular complexity index is 1930. The molecular weight excluding hydrogens is 791 g/mol. The number of hydrogen-bond donors (Lipinski definition) is 5. The molecule has 0 aliphatic rings. The largest absolute Gasteiger partial charge is 0.491 e. The fourth-order valence-corrected chi connectivity index (χ4v) is 6.66. The molecule has 14 nitrogen and oxygen atoms in total. The molecule has 2 amide bonds. The van der Waals surface area contributed by atoms with Crippen molar-refractivity contribution >= 4 is 34.4 Å². The summed E-state index contributed by atoms with van der Waals surface area (Å²) in [7, 11) is 0. The van der Waals surface area contributed by atoms with E-state index in [-0.39, 0.29) is 18.7 Å². The molecule has 6 N–H and O–H groups in total. The van der Waals surface area contributed by atoms with Gasteiger partial charge in [-0.25, -0.2) is 4.98 Å². The molecule has 3 aromatic carbocycles. The normalized spacial score (nSPS) is 12.3. The Morgan fingerprint density at radius 1 is 0.742 bits per heavy atom. The highest BCUT2D eigenvalue weighted by Crippen LogP contribution is 2.35. The van der Waals surface area contributed by atoms with Crippen LogP contribution in [-0.4, -0.2) is 106 Å². The number of aliphatic carboxylic acids is 1. The van der Waals surface area contributed by atoms with E-state index in [0.717, 1.165) is 52.1 Å². The predicted molar refractivity (Wildman–Crippen MR) is 242 cm³/mol. The molecule has 0 saturated carbocycles. The van der Waals surface area contributed by atoms with Gasteiger partial charge in [0.1, 0.15) is 24.2 Å². The van der Waals surface area contributed by atoms with Gasteiger partial charge in [-0.15, -0.1) is 0 Å². The fraction of sp³-hybridized carbons (Fsp3) is 0.500. The molecule has 0 spiro atoms. The third-order valence-corrected chi connectivity index (χ3v) is 10.0. The first kappa shape index (κ1) is 49.5. The highest BCUT2D eigenvalue weighted by atomic mass is 16.6. The van der Waals surface area contributed by atoms with Gasteiger partial charge in [0, 0.05) is 31.2 Å². The van der Waals surface area contributed by atoms with Crippen LogP contribution in [0, 0.1) is 12.8 Å². The van der Waals surface area contributed by atoms with Crippen LogP contribution in [0.1, 0.15) is 76.0 Å². The lowest BCUT2D eigenvalue weighted by Crippen LogP contribution is -2.48. The number of nitrogens with zero attached hydrogens (tertiary/aromatic N) is 1. The number of nitrogens with one attached hydrogen (secondary N) is 3. The van der Waals surface area contributed by atoms with E-state index < -0.39 is 24.0 Å². The van der Waals surface area contributed by atoms with Crippen LogP contribution in [0.2, 0.25) is 0 Å². The number of amides is 2. The summed E-state index contributed by atoms with van der Waals surface area (Å²) in [6, 6.07) is 21.6. The Hall–Kier alpha value is -5.12. The maximum Gasteiger partial charge on any atom is 0.305 e. The van der Waals surface area contributed by atoms with E-state index in [9.17, 15) is 19.5 Å². The monoisotopic (exact) mass is 857 g/mol. The van der Waals surface area contributed by atoms with Crippen LogP contribution < -0.4 is 26.4 Å². The zero-order valence-electron chi connectivity index (χ0n) is 36.7. The van der Waals surface area contributed by atoms with Crippen LogP contribution in [0.25, 0.3) is 21.9 Å². The number of carboxylic acids is 1. The van der Waals surface area contributed by atoms with Crippen LogP contribution in [0.4, 0.5) is 5.82 Å². The van der Waals surface area contributed by atoms with Gasteiger partial charge in [-0.1, -0.05) is 68.4 Å². The zero-order chi connectivity index (χ0) is 44.4. The summed E-state index contributed by atoms with van der Waals surface area (Å²) in [6.07, 6.45) is 4.88. The first-order chi connectivity index (χ1) is 30.1. The van der Waals surface area contributed by atoms with Gasteiger partial charge in [-0.3, -0.25) is 14.4 Å². The Morgan fingerprint density at radius 2 is 1.40 bits per heavy atom. The number of carbonyl (C=O) groups excluding carboxylic acids is 2. The number of aromatic nitrogens is 1. The summed E-state index contributed by atoms with van der Waals surface area (Å²) >= 11 is 0. The van der Waals surface area contributed by atoms with Crippen molar-refractivity contribution in [1.29, 1.82) is 0 Å². The maximum atomic E-state index is 13.7. The molecule has 1 aromatic heterocycles. The Labute approximate surface area is 366 Å². The minimum absolute atomic E-state index is 0.207. The van der Waals surface area contributed by atoms with Gasteiger partial charge >= 0.3 is 5.97 Å². The second kappa shape index (κ2) is 28.5. The third-order valence-electron chi connectivity index (χ3n) is 10.0. The van der Waals surface area contributed by atoms with Crippen molar-refractivity contribution in [3.63, 3.8) is 0 Å². The molecule has 4 rings (SSSR count). The van der Waals surface area contributed by atoms with Crippen molar-refractivity contribution in [2.24, 2.45) is 11.7 Å². The fourth-order valence-electron chi connectivity index (χ4n) is 6.66. The number of anilines is 1. The Kier molecular flexibility index (Phi) is 22.7. The number of nitrogens with two attached hydrogens (primary N) is 1. The molecule has 62 heavy (non-hydrogen) atoms. The molecule has 0 unspecified atom stereocenters. The topological polar surface area (TPSA) is 193 Å². The number of carbonyl (C=O) groups is 3. The molecule has 4 aromatic rings. The number of benzene rings is 3. The first-order valence-electron chi connectivity index (χ1n) is 21.9. The summed E-state index contributed by atoms with van der Waals surface area (Å²) < 4.78 is 28.5. The third kappa shape index (κ3) is 18.5. The van der Waals surface area contributed by atoms with Gasteiger partial charge in [0.15, 0.2) is 0 Å². The van der Waals surface area contributed by atoms with Gasteiger partial charge in [0.25, 0.3) is 0 Å². The van der Waals surface area contributed by atoms with E-state index in [1.807, 2.05) is 79.7 Å². The molecular formula is C48H67N5O9. The number of unbranched alkanes of at least 4 members (excludes halogenated alkanes) is 1. The van der Waals surface area contributed by atoms with E-state index in [2.05, 4.69) is 34.8 Å². The molecule has 2 atom stereocenters. The number of hydrogen-bond acceptors (Lipinski definition) is 11. The van der Waals surface area contributed by atoms with Crippen LogP contribution in [0.15, 0.2) is 79.0 Å². The average molecular weight is 858 g/mol. The lowest BCUT2D eigenvalue weighted by atomic mass is 9.95. The van der Waals surface area contributed by atoms with Crippen LogP contribution in [0.3, 0.4) is 0 Å². The molecule has 0 saturated heterocycles. The van der Waals surface area contributed by atoms with E-state index in [1.54, 1.807) is 6.20 Å². The average Bonchev–Trinajstić information content (AvgIpc) is 3.25. The van der Waals surface area contributed by atoms with E-state index in [0.29, 0.717) is 103 Å². The van der Waals surface area contributed by atoms with Crippen molar-refractivity contribution in [2.45, 2.75) is 77.8 Å². The quantitative estimate of drug-likeness (QED) is 0.0322. The number of carboxylic acid groups (broad SMARTS) is 1. The minimum Gasteiger partial charge on any atom is -0.491 e. The van der Waals surface area contributed by atoms with Gasteiger partial charge in [0.2, 0.25) is 11.8 Å². The molecule has 0 fully saturated rings. The molecule has 14 heteroatoms. The Balaban J connectivity index is 1.28. The lowest BCUT2D eigenvalue weighted by Gasteiger charge is -2.23. The van der Waals surface area contributed by atoms with Gasteiger partial charge in [-0.2, -0.15) is 0 Å². The summed E-state index contributed by atoms with van der Waals surface area (Å²) in [6.45, 7) is 12.0. The number of fused-ring (bicyclic) bond motifs is 1. The maximum absolute atomic E-state index is 13.7. The number of rotatable bonds is 32.